The molecule has 0 radical (unpaired) electrons. The van der Waals surface area contributed by atoms with Crippen molar-refractivity contribution in [3.63, 3.8) is 0 Å². The summed E-state index contributed by atoms with van der Waals surface area (Å²) in [6.45, 7) is 0.252. The SMILES string of the molecule is COc1ccc(C2=C(O)C(=O)N(Cc3ccc(F)cc3)[C@H]2c2ccccc2)cc1. The number of aliphatic hydroxyl groups is 1. The Labute approximate surface area is 168 Å². The van der Waals surface area contributed by atoms with Gasteiger partial charge in [0, 0.05) is 12.1 Å². The molecule has 5 heteroatoms. The Morgan fingerprint density at radius 1 is 0.966 bits per heavy atom. The lowest BCUT2D eigenvalue weighted by molar-refractivity contribution is -0.130. The van der Waals surface area contributed by atoms with E-state index in [1.807, 2.05) is 42.5 Å². The predicted molar refractivity (Wildman–Crippen MR) is 109 cm³/mol. The average molecular weight is 389 g/mol. The van der Waals surface area contributed by atoms with Crippen LogP contribution in [-0.2, 0) is 11.3 Å². The van der Waals surface area contributed by atoms with Gasteiger partial charge < -0.3 is 14.7 Å². The first-order valence-electron chi connectivity index (χ1n) is 9.26. The van der Waals surface area contributed by atoms with Crippen LogP contribution in [0.2, 0.25) is 0 Å². The number of methoxy groups -OCH3 is 1. The highest BCUT2D eigenvalue weighted by Gasteiger charge is 2.40. The van der Waals surface area contributed by atoms with Gasteiger partial charge in [0.1, 0.15) is 11.6 Å². The predicted octanol–water partition coefficient (Wildman–Crippen LogP) is 4.89. The Balaban J connectivity index is 1.78. The van der Waals surface area contributed by atoms with E-state index in [1.54, 1.807) is 36.3 Å². The normalized spacial score (nSPS) is 16.4. The van der Waals surface area contributed by atoms with Gasteiger partial charge in [-0.15, -0.1) is 0 Å². The molecule has 146 valence electrons. The van der Waals surface area contributed by atoms with Crippen LogP contribution in [0.5, 0.6) is 5.75 Å². The Bertz CT molecular complexity index is 1040. The number of ether oxygens (including phenoxy) is 1. The summed E-state index contributed by atoms with van der Waals surface area (Å²) in [4.78, 5) is 14.6. The lowest BCUT2D eigenvalue weighted by Crippen LogP contribution is -2.29. The molecule has 1 atom stereocenters. The quantitative estimate of drug-likeness (QED) is 0.676. The van der Waals surface area contributed by atoms with Crippen LogP contribution < -0.4 is 4.74 Å². The summed E-state index contributed by atoms with van der Waals surface area (Å²) >= 11 is 0. The largest absolute Gasteiger partial charge is 0.503 e. The average Bonchev–Trinajstić information content (AvgIpc) is 3.01. The van der Waals surface area contributed by atoms with Crippen LogP contribution >= 0.6 is 0 Å². The lowest BCUT2D eigenvalue weighted by Gasteiger charge is -2.27. The molecular formula is C24H20FNO3. The molecule has 4 nitrogen and oxygen atoms in total. The topological polar surface area (TPSA) is 49.8 Å². The van der Waals surface area contributed by atoms with Crippen molar-refractivity contribution in [3.8, 4) is 5.75 Å². The minimum atomic E-state index is -0.456. The van der Waals surface area contributed by atoms with Crippen molar-refractivity contribution in [1.29, 1.82) is 0 Å². The number of nitrogens with zero attached hydrogens (tertiary/aromatic N) is 1. The van der Waals surface area contributed by atoms with Gasteiger partial charge in [0.05, 0.1) is 13.2 Å². The van der Waals surface area contributed by atoms with E-state index in [1.165, 1.54) is 12.1 Å². The highest BCUT2D eigenvalue weighted by atomic mass is 19.1. The third-order valence-electron chi connectivity index (χ3n) is 5.09. The zero-order valence-corrected chi connectivity index (χ0v) is 15.9. The molecule has 0 unspecified atom stereocenters. The summed E-state index contributed by atoms with van der Waals surface area (Å²) < 4.78 is 18.5. The zero-order valence-electron chi connectivity index (χ0n) is 15.9. The molecule has 1 amide bonds. The molecule has 4 rings (SSSR count). The van der Waals surface area contributed by atoms with E-state index < -0.39 is 11.9 Å². The maximum Gasteiger partial charge on any atom is 0.290 e. The van der Waals surface area contributed by atoms with E-state index in [9.17, 15) is 14.3 Å². The highest BCUT2D eigenvalue weighted by Crippen LogP contribution is 2.43. The van der Waals surface area contributed by atoms with Gasteiger partial charge in [-0.3, -0.25) is 4.79 Å². The van der Waals surface area contributed by atoms with Crippen LogP contribution in [0.1, 0.15) is 22.7 Å². The minimum absolute atomic E-state index is 0.252. The number of halogens is 1. The summed E-state index contributed by atoms with van der Waals surface area (Å²) in [5.41, 5.74) is 2.96. The molecular weight excluding hydrogens is 369 g/mol. The second kappa shape index (κ2) is 7.80. The fraction of sp³-hybridized carbons (Fsp3) is 0.125. The molecule has 0 spiro atoms. The second-order valence-corrected chi connectivity index (χ2v) is 6.86. The maximum atomic E-state index is 13.3. The minimum Gasteiger partial charge on any atom is -0.503 e. The van der Waals surface area contributed by atoms with Gasteiger partial charge >= 0.3 is 0 Å². The second-order valence-electron chi connectivity index (χ2n) is 6.86. The van der Waals surface area contributed by atoms with Gasteiger partial charge in [0.15, 0.2) is 5.76 Å². The lowest BCUT2D eigenvalue weighted by atomic mass is 9.93. The number of amides is 1. The van der Waals surface area contributed by atoms with Crippen molar-refractivity contribution in [2.24, 2.45) is 0 Å². The molecule has 0 bridgehead atoms. The Morgan fingerprint density at radius 3 is 2.24 bits per heavy atom. The van der Waals surface area contributed by atoms with Gasteiger partial charge in [-0.05, 0) is 41.0 Å². The van der Waals surface area contributed by atoms with E-state index >= 15 is 0 Å². The molecule has 3 aromatic rings. The van der Waals surface area contributed by atoms with Crippen LogP contribution in [-0.4, -0.2) is 23.0 Å². The van der Waals surface area contributed by atoms with Crippen LogP contribution in [0, 0.1) is 5.82 Å². The van der Waals surface area contributed by atoms with E-state index in [0.29, 0.717) is 11.3 Å². The Hall–Kier alpha value is -3.60. The maximum absolute atomic E-state index is 13.3. The Morgan fingerprint density at radius 2 is 1.62 bits per heavy atom. The van der Waals surface area contributed by atoms with Gasteiger partial charge in [0.25, 0.3) is 5.91 Å². The molecule has 0 saturated carbocycles. The van der Waals surface area contributed by atoms with Crippen molar-refractivity contribution in [1.82, 2.24) is 4.90 Å². The number of carbonyl (C=O) groups excluding carboxylic acids is 1. The summed E-state index contributed by atoms with van der Waals surface area (Å²) in [7, 11) is 1.59. The van der Waals surface area contributed by atoms with Gasteiger partial charge in [-0.1, -0.05) is 54.6 Å². The van der Waals surface area contributed by atoms with E-state index in [-0.39, 0.29) is 18.1 Å². The van der Waals surface area contributed by atoms with Crippen LogP contribution in [0.3, 0.4) is 0 Å². The summed E-state index contributed by atoms with van der Waals surface area (Å²) in [5, 5.41) is 10.8. The van der Waals surface area contributed by atoms with Crippen molar-refractivity contribution >= 4 is 11.5 Å². The summed E-state index contributed by atoms with van der Waals surface area (Å²) in [6.07, 6.45) is 0. The van der Waals surface area contributed by atoms with Crippen LogP contribution in [0.15, 0.2) is 84.6 Å². The molecule has 0 aromatic heterocycles. The van der Waals surface area contributed by atoms with Crippen molar-refractivity contribution in [3.05, 3.63) is 107 Å². The molecule has 0 aliphatic carbocycles. The smallest absolute Gasteiger partial charge is 0.290 e. The first-order valence-corrected chi connectivity index (χ1v) is 9.26. The number of rotatable bonds is 5. The molecule has 0 fully saturated rings. The van der Waals surface area contributed by atoms with E-state index in [0.717, 1.165) is 16.7 Å². The third-order valence-corrected chi connectivity index (χ3v) is 5.09. The van der Waals surface area contributed by atoms with E-state index in [4.69, 9.17) is 4.74 Å². The third kappa shape index (κ3) is 3.59. The van der Waals surface area contributed by atoms with Crippen LogP contribution in [0.25, 0.3) is 5.57 Å². The van der Waals surface area contributed by atoms with Crippen molar-refractivity contribution in [2.45, 2.75) is 12.6 Å². The van der Waals surface area contributed by atoms with Crippen molar-refractivity contribution in [2.75, 3.05) is 7.11 Å². The number of hydrogen-bond acceptors (Lipinski definition) is 3. The molecule has 1 N–H and O–H groups in total. The fourth-order valence-corrected chi connectivity index (χ4v) is 3.65. The van der Waals surface area contributed by atoms with Gasteiger partial charge in [0.2, 0.25) is 0 Å². The number of hydrogen-bond donors (Lipinski definition) is 1. The number of carbonyl (C=O) groups is 1. The summed E-state index contributed by atoms with van der Waals surface area (Å²) in [6, 6.07) is 22.4. The van der Waals surface area contributed by atoms with Crippen LogP contribution in [0.4, 0.5) is 4.39 Å². The highest BCUT2D eigenvalue weighted by molar-refractivity contribution is 6.05. The van der Waals surface area contributed by atoms with Crippen molar-refractivity contribution < 1.29 is 19.0 Å². The number of benzene rings is 3. The number of aliphatic hydroxyl groups excluding tert-OH is 1. The first-order chi connectivity index (χ1) is 14.1. The Kier molecular flexibility index (Phi) is 5.04. The van der Waals surface area contributed by atoms with E-state index in [2.05, 4.69) is 0 Å². The molecule has 0 saturated heterocycles. The molecule has 3 aromatic carbocycles. The molecule has 1 aliphatic heterocycles. The molecule has 29 heavy (non-hydrogen) atoms. The standard InChI is InChI=1S/C24H20FNO3/c1-29-20-13-9-17(10-14-20)21-22(18-5-3-2-4-6-18)26(24(28)23(21)27)15-16-7-11-19(25)12-8-16/h2-14,22,27H,15H2,1H3/t22-/m0/s1. The summed E-state index contributed by atoms with van der Waals surface area (Å²) in [5.74, 6) is -0.362. The monoisotopic (exact) mass is 389 g/mol. The fourth-order valence-electron chi connectivity index (χ4n) is 3.65. The zero-order chi connectivity index (χ0) is 20.4. The molecule has 1 heterocycles. The van der Waals surface area contributed by atoms with Gasteiger partial charge in [-0.25, -0.2) is 4.39 Å². The van der Waals surface area contributed by atoms with Gasteiger partial charge in [-0.2, -0.15) is 0 Å². The molecule has 1 aliphatic rings. The first kappa shape index (κ1) is 18.7.